The van der Waals surface area contributed by atoms with Gasteiger partial charge in [-0.05, 0) is 84.3 Å². The molecule has 3 aromatic rings. The molecule has 0 unspecified atom stereocenters. The van der Waals surface area contributed by atoms with Gasteiger partial charge in [-0.15, -0.1) is 0 Å². The van der Waals surface area contributed by atoms with Gasteiger partial charge < -0.3 is 24.3 Å². The highest BCUT2D eigenvalue weighted by atomic mass is 32.2. The zero-order valence-electron chi connectivity index (χ0n) is 26.3. The maximum Gasteiger partial charge on any atom is 0.293 e. The Morgan fingerprint density at radius 1 is 0.979 bits per heavy atom. The van der Waals surface area contributed by atoms with E-state index in [9.17, 15) is 22.8 Å². The number of carbonyl (C=O) groups excluding carboxylic acids is 3. The number of thioether (sulfide) groups is 1. The highest BCUT2D eigenvalue weighted by Crippen LogP contribution is 2.40. The topological polar surface area (TPSA) is 141 Å². The van der Waals surface area contributed by atoms with Crippen LogP contribution in [0.1, 0.15) is 23.6 Å². The summed E-state index contributed by atoms with van der Waals surface area (Å²) in [5.41, 5.74) is 2.24. The summed E-state index contributed by atoms with van der Waals surface area (Å²) in [6, 6.07) is 15.7. The van der Waals surface area contributed by atoms with Crippen molar-refractivity contribution in [2.24, 2.45) is 0 Å². The van der Waals surface area contributed by atoms with E-state index in [-0.39, 0.29) is 35.9 Å². The van der Waals surface area contributed by atoms with E-state index in [1.807, 2.05) is 31.2 Å². The van der Waals surface area contributed by atoms with E-state index in [0.29, 0.717) is 35.2 Å². The summed E-state index contributed by atoms with van der Waals surface area (Å²) in [5.74, 6) is 0.662. The predicted molar refractivity (Wildman–Crippen MR) is 176 cm³/mol. The van der Waals surface area contributed by atoms with Crippen molar-refractivity contribution < 1.29 is 41.7 Å². The van der Waals surface area contributed by atoms with Crippen LogP contribution in [0.4, 0.5) is 4.79 Å². The van der Waals surface area contributed by atoms with Crippen LogP contribution in [-0.4, -0.2) is 81.7 Å². The molecular weight excluding hydrogens is 647 g/mol. The van der Waals surface area contributed by atoms with Gasteiger partial charge in [-0.25, -0.2) is 8.42 Å². The van der Waals surface area contributed by atoms with E-state index >= 15 is 0 Å². The molecule has 47 heavy (non-hydrogen) atoms. The van der Waals surface area contributed by atoms with Gasteiger partial charge in [0.05, 0.1) is 37.7 Å². The third-order valence-electron chi connectivity index (χ3n) is 7.74. The van der Waals surface area contributed by atoms with Crippen LogP contribution in [0.3, 0.4) is 0 Å². The first-order valence-electron chi connectivity index (χ1n) is 14.8. The number of carbonyl (C=O) groups is 3. The van der Waals surface area contributed by atoms with Crippen LogP contribution < -0.4 is 24.3 Å². The van der Waals surface area contributed by atoms with Crippen LogP contribution in [0.5, 0.6) is 23.0 Å². The number of hydrogen-bond donors (Lipinski definition) is 1. The molecule has 12 nitrogen and oxygen atoms in total. The Morgan fingerprint density at radius 3 is 2.26 bits per heavy atom. The largest absolute Gasteiger partial charge is 0.494 e. The summed E-state index contributed by atoms with van der Waals surface area (Å²) in [6.45, 7) is 2.12. The molecule has 0 radical (unpaired) electrons. The first-order chi connectivity index (χ1) is 22.6. The smallest absolute Gasteiger partial charge is 0.293 e. The first kappa shape index (κ1) is 33.8. The standard InChI is InChI=1S/C33H35N3O9S2/c1-5-45-24-10-12-25(13-11-24)47(40,41)36-20-23-9-7-6-8-22(23)19-26(36)31(37)34-14-15-35-32(38)29(46-33(35)39)18-21-16-27(42-2)30(44-4)28(17-21)43-3/h6-13,16-18,26H,5,14-15,19-20H2,1-4H3,(H,34,37)/b29-18-/t26-/m1/s1. The summed E-state index contributed by atoms with van der Waals surface area (Å²) >= 11 is 0.774. The number of ether oxygens (including phenoxy) is 4. The fourth-order valence-electron chi connectivity index (χ4n) is 5.42. The SMILES string of the molecule is CCOc1ccc(S(=O)(=O)N2Cc3ccccc3C[C@@H]2C(=O)NCCN2C(=O)S/C(=C\c3cc(OC)c(OC)c(OC)c3)C2=O)cc1. The zero-order valence-corrected chi connectivity index (χ0v) is 28.0. The number of benzene rings is 3. The van der Waals surface area contributed by atoms with Gasteiger partial charge in [0, 0.05) is 19.6 Å². The van der Waals surface area contributed by atoms with Gasteiger partial charge in [0.25, 0.3) is 11.1 Å². The molecule has 1 N–H and O–H groups in total. The van der Waals surface area contributed by atoms with Gasteiger partial charge in [-0.3, -0.25) is 19.3 Å². The second-order valence-electron chi connectivity index (χ2n) is 10.5. The van der Waals surface area contributed by atoms with E-state index in [2.05, 4.69) is 5.32 Å². The summed E-state index contributed by atoms with van der Waals surface area (Å²) in [4.78, 5) is 40.8. The minimum Gasteiger partial charge on any atom is -0.494 e. The Bertz CT molecular complexity index is 1780. The van der Waals surface area contributed by atoms with Crippen LogP contribution in [0.15, 0.2) is 70.5 Å². The van der Waals surface area contributed by atoms with Crippen molar-refractivity contribution in [1.29, 1.82) is 0 Å². The van der Waals surface area contributed by atoms with Crippen molar-refractivity contribution in [3.05, 3.63) is 82.3 Å². The van der Waals surface area contributed by atoms with E-state index in [1.54, 1.807) is 30.3 Å². The fraction of sp³-hybridized carbons (Fsp3) is 0.303. The number of nitrogens with zero attached hydrogens (tertiary/aromatic N) is 2. The van der Waals surface area contributed by atoms with Crippen molar-refractivity contribution in [1.82, 2.24) is 14.5 Å². The number of nitrogens with one attached hydrogen (secondary N) is 1. The molecule has 2 aliphatic heterocycles. The van der Waals surface area contributed by atoms with E-state index < -0.39 is 33.1 Å². The van der Waals surface area contributed by atoms with Crippen molar-refractivity contribution in [3.8, 4) is 23.0 Å². The summed E-state index contributed by atoms with van der Waals surface area (Å²) in [5, 5.41) is 2.26. The van der Waals surface area contributed by atoms with Crippen molar-refractivity contribution in [3.63, 3.8) is 0 Å². The van der Waals surface area contributed by atoms with Crippen LogP contribution >= 0.6 is 11.8 Å². The third-order valence-corrected chi connectivity index (χ3v) is 10.5. The summed E-state index contributed by atoms with van der Waals surface area (Å²) in [7, 11) is 0.356. The lowest BCUT2D eigenvalue weighted by Gasteiger charge is -2.35. The highest BCUT2D eigenvalue weighted by molar-refractivity contribution is 8.18. The number of hydrogen-bond acceptors (Lipinski definition) is 10. The van der Waals surface area contributed by atoms with Crippen LogP contribution in [0.2, 0.25) is 0 Å². The monoisotopic (exact) mass is 681 g/mol. The molecule has 2 heterocycles. The molecule has 248 valence electrons. The molecule has 0 spiro atoms. The molecule has 1 saturated heterocycles. The minimum absolute atomic E-state index is 0.0125. The van der Waals surface area contributed by atoms with Gasteiger partial charge in [-0.1, -0.05) is 24.3 Å². The lowest BCUT2D eigenvalue weighted by atomic mass is 9.95. The normalized spacial score (nSPS) is 17.4. The molecule has 2 aliphatic rings. The molecule has 0 bridgehead atoms. The Kier molecular flexibility index (Phi) is 10.4. The number of amides is 3. The molecule has 0 aliphatic carbocycles. The lowest BCUT2D eigenvalue weighted by Crippen LogP contribution is -2.53. The van der Waals surface area contributed by atoms with Crippen molar-refractivity contribution >= 4 is 44.9 Å². The molecule has 3 amide bonds. The molecule has 14 heteroatoms. The third kappa shape index (κ3) is 7.09. The Hall–Kier alpha value is -4.53. The van der Waals surface area contributed by atoms with Gasteiger partial charge in [0.15, 0.2) is 11.5 Å². The average Bonchev–Trinajstić information content (AvgIpc) is 3.34. The highest BCUT2D eigenvalue weighted by Gasteiger charge is 2.40. The molecule has 0 saturated carbocycles. The van der Waals surface area contributed by atoms with Crippen molar-refractivity contribution in [2.75, 3.05) is 41.0 Å². The molecular formula is C33H35N3O9S2. The van der Waals surface area contributed by atoms with Crippen LogP contribution in [0, 0.1) is 0 Å². The minimum atomic E-state index is -4.08. The fourth-order valence-corrected chi connectivity index (χ4v) is 7.85. The Labute approximate surface area is 277 Å². The molecule has 0 aromatic heterocycles. The number of methoxy groups -OCH3 is 3. The van der Waals surface area contributed by atoms with Gasteiger partial charge in [0.2, 0.25) is 21.7 Å². The second-order valence-corrected chi connectivity index (χ2v) is 13.4. The van der Waals surface area contributed by atoms with Gasteiger partial charge in [-0.2, -0.15) is 4.31 Å². The van der Waals surface area contributed by atoms with Crippen LogP contribution in [0.25, 0.3) is 6.08 Å². The number of rotatable bonds is 12. The predicted octanol–water partition coefficient (Wildman–Crippen LogP) is 4.08. The molecule has 1 atom stereocenters. The quantitative estimate of drug-likeness (QED) is 0.278. The Morgan fingerprint density at radius 2 is 1.64 bits per heavy atom. The molecule has 1 fully saturated rings. The summed E-state index contributed by atoms with van der Waals surface area (Å²) in [6.07, 6.45) is 1.72. The number of sulfonamides is 1. The maximum atomic E-state index is 13.8. The lowest BCUT2D eigenvalue weighted by molar-refractivity contribution is -0.126. The molecule has 3 aromatic carbocycles. The number of imide groups is 1. The molecule has 5 rings (SSSR count). The van der Waals surface area contributed by atoms with E-state index in [1.165, 1.54) is 37.8 Å². The zero-order chi connectivity index (χ0) is 33.7. The van der Waals surface area contributed by atoms with Gasteiger partial charge >= 0.3 is 0 Å². The van der Waals surface area contributed by atoms with E-state index in [0.717, 1.165) is 27.8 Å². The van der Waals surface area contributed by atoms with Gasteiger partial charge in [0.1, 0.15) is 11.8 Å². The average molecular weight is 682 g/mol. The Balaban J connectivity index is 1.30. The second kappa shape index (κ2) is 14.5. The van der Waals surface area contributed by atoms with Crippen molar-refractivity contribution in [2.45, 2.75) is 30.8 Å². The number of fused-ring (bicyclic) bond motifs is 1. The van der Waals surface area contributed by atoms with Crippen LogP contribution in [-0.2, 0) is 32.6 Å². The first-order valence-corrected chi connectivity index (χ1v) is 17.0. The summed E-state index contributed by atoms with van der Waals surface area (Å²) < 4.78 is 50.4. The maximum absolute atomic E-state index is 13.8. The van der Waals surface area contributed by atoms with E-state index in [4.69, 9.17) is 18.9 Å².